The van der Waals surface area contributed by atoms with Gasteiger partial charge in [0.2, 0.25) is 0 Å². The highest BCUT2D eigenvalue weighted by Crippen LogP contribution is 2.42. The average Bonchev–Trinajstić information content (AvgIpc) is 2.85. The monoisotopic (exact) mass is 1060 g/mol. The van der Waals surface area contributed by atoms with E-state index in [0.29, 0.717) is 30.7 Å². The van der Waals surface area contributed by atoms with Crippen LogP contribution >= 0.6 is 143 Å². The van der Waals surface area contributed by atoms with E-state index in [-0.39, 0.29) is 18.0 Å². The molecule has 186 valence electrons. The average molecular weight is 1070 g/mol. The molecule has 4 rings (SSSR count). The minimum atomic E-state index is -0.0375. The van der Waals surface area contributed by atoms with Crippen molar-refractivity contribution in [3.8, 4) is 35.3 Å². The van der Waals surface area contributed by atoms with Gasteiger partial charge >= 0.3 is 18.0 Å². The molecule has 0 saturated carbocycles. The second-order valence-corrected chi connectivity index (χ2v) is 13.8. The van der Waals surface area contributed by atoms with Crippen LogP contribution in [0, 0.1) is 0 Å². The quantitative estimate of drug-likeness (QED) is 0.179. The van der Waals surface area contributed by atoms with E-state index in [1.807, 2.05) is 18.2 Å². The highest BCUT2D eigenvalue weighted by atomic mass is 79.9. The molecule has 0 aliphatic heterocycles. The SMILES string of the molecule is Brc1ccc(Oc2nc(Oc3ccc(Br)c(Br)c3Br)nc(Oc3ccc(Br)c(Br)c3Br)n2)c(Br)c1Br. The molecule has 0 aliphatic carbocycles. The second kappa shape index (κ2) is 12.7. The molecule has 4 aromatic rings. The molecule has 36 heavy (non-hydrogen) atoms. The summed E-state index contributed by atoms with van der Waals surface area (Å²) < 4.78 is 24.8. The zero-order chi connectivity index (χ0) is 26.1. The van der Waals surface area contributed by atoms with Gasteiger partial charge in [-0.25, -0.2) is 0 Å². The molecule has 0 N–H and O–H groups in total. The Kier molecular flexibility index (Phi) is 10.4. The van der Waals surface area contributed by atoms with Gasteiger partial charge in [-0.15, -0.1) is 15.0 Å². The highest BCUT2D eigenvalue weighted by Gasteiger charge is 2.19. The molecule has 0 spiro atoms. The number of aromatic nitrogens is 3. The Balaban J connectivity index is 1.76. The van der Waals surface area contributed by atoms with E-state index in [0.717, 1.165) is 26.8 Å². The number of benzene rings is 3. The van der Waals surface area contributed by atoms with E-state index < -0.39 is 0 Å². The van der Waals surface area contributed by atoms with Crippen LogP contribution in [-0.2, 0) is 0 Å². The zero-order valence-electron chi connectivity index (χ0n) is 16.9. The highest BCUT2D eigenvalue weighted by molar-refractivity contribution is 9.15. The van der Waals surface area contributed by atoms with Gasteiger partial charge in [0, 0.05) is 26.8 Å². The fraction of sp³-hybridized carbons (Fsp3) is 0. The third-order valence-corrected chi connectivity index (χ3v) is 14.2. The summed E-state index contributed by atoms with van der Waals surface area (Å²) in [6.07, 6.45) is 0. The maximum atomic E-state index is 5.97. The maximum Gasteiger partial charge on any atom is 0.331 e. The Hall–Kier alpha value is 0.390. The first kappa shape index (κ1) is 29.4. The normalized spacial score (nSPS) is 10.9. The van der Waals surface area contributed by atoms with Crippen LogP contribution in [0.1, 0.15) is 0 Å². The summed E-state index contributed by atoms with van der Waals surface area (Å²) in [6.45, 7) is 0. The summed E-state index contributed by atoms with van der Waals surface area (Å²) in [5, 5.41) is 0. The lowest BCUT2D eigenvalue weighted by molar-refractivity contribution is 0.360. The molecule has 15 heteroatoms. The summed E-state index contributed by atoms with van der Waals surface area (Å²) in [5.41, 5.74) is 0. The van der Waals surface area contributed by atoms with Gasteiger partial charge in [-0.1, -0.05) is 0 Å². The van der Waals surface area contributed by atoms with Gasteiger partial charge in [0.1, 0.15) is 17.2 Å². The first-order valence-corrected chi connectivity index (χ1v) is 16.4. The molecular weight excluding hydrogens is 1060 g/mol. The van der Waals surface area contributed by atoms with Crippen LogP contribution in [-0.4, -0.2) is 15.0 Å². The van der Waals surface area contributed by atoms with Crippen molar-refractivity contribution in [3.05, 3.63) is 76.7 Å². The van der Waals surface area contributed by atoms with Gasteiger partial charge in [0.15, 0.2) is 0 Å². The summed E-state index contributed by atoms with van der Waals surface area (Å²) >= 11 is 31.4. The Bertz CT molecular complexity index is 1300. The van der Waals surface area contributed by atoms with Crippen LogP contribution < -0.4 is 14.2 Å². The standard InChI is InChI=1S/C21H6Br9N3O3/c22-7-1-4-10(16(28)13(7)25)34-19-31-20(35-11-5-2-8(23)14(26)17(11)29)33-21(32-19)36-12-6-3-9(24)15(27)18(12)30/h1-6H. The molecule has 0 amide bonds. The van der Waals surface area contributed by atoms with Crippen molar-refractivity contribution in [1.29, 1.82) is 0 Å². The van der Waals surface area contributed by atoms with Crippen LogP contribution in [0.15, 0.2) is 76.7 Å². The number of nitrogens with zero attached hydrogens (tertiary/aromatic N) is 3. The van der Waals surface area contributed by atoms with Crippen LogP contribution in [0.5, 0.6) is 35.3 Å². The van der Waals surface area contributed by atoms with Gasteiger partial charge in [-0.05, 0) is 180 Å². The lowest BCUT2D eigenvalue weighted by Crippen LogP contribution is -2.02. The lowest BCUT2D eigenvalue weighted by Gasteiger charge is -2.13. The van der Waals surface area contributed by atoms with Crippen molar-refractivity contribution >= 4 is 143 Å². The van der Waals surface area contributed by atoms with Gasteiger partial charge in [0.05, 0.1) is 13.4 Å². The molecule has 0 atom stereocenters. The minimum absolute atomic E-state index is 0.0375. The van der Waals surface area contributed by atoms with Gasteiger partial charge in [0.25, 0.3) is 0 Å². The molecule has 0 radical (unpaired) electrons. The van der Waals surface area contributed by atoms with Crippen molar-refractivity contribution < 1.29 is 14.2 Å². The molecule has 3 aromatic carbocycles. The summed E-state index contributed by atoms with van der Waals surface area (Å²) in [5.74, 6) is 1.40. The van der Waals surface area contributed by atoms with Gasteiger partial charge in [-0.2, -0.15) is 0 Å². The predicted octanol–water partition coefficient (Wildman–Crippen LogP) is 12.1. The molecule has 0 aliphatic rings. The van der Waals surface area contributed by atoms with Crippen LogP contribution in [0.3, 0.4) is 0 Å². The predicted molar refractivity (Wildman–Crippen MR) is 169 cm³/mol. The van der Waals surface area contributed by atoms with Crippen LogP contribution in [0.2, 0.25) is 0 Å². The van der Waals surface area contributed by atoms with Crippen LogP contribution in [0.25, 0.3) is 0 Å². The van der Waals surface area contributed by atoms with E-state index in [1.165, 1.54) is 0 Å². The topological polar surface area (TPSA) is 66.4 Å². The number of halogens is 9. The van der Waals surface area contributed by atoms with E-state index in [9.17, 15) is 0 Å². The molecule has 1 heterocycles. The zero-order valence-corrected chi connectivity index (χ0v) is 31.2. The number of hydrogen-bond acceptors (Lipinski definition) is 6. The molecule has 6 nitrogen and oxygen atoms in total. The Morgan fingerprint density at radius 3 is 0.861 bits per heavy atom. The summed E-state index contributed by atoms with van der Waals surface area (Å²) in [7, 11) is 0. The third kappa shape index (κ3) is 6.75. The van der Waals surface area contributed by atoms with E-state index in [4.69, 9.17) is 14.2 Å². The third-order valence-electron chi connectivity index (χ3n) is 4.18. The fourth-order valence-corrected chi connectivity index (χ4v) is 6.57. The van der Waals surface area contributed by atoms with Crippen molar-refractivity contribution in [2.24, 2.45) is 0 Å². The van der Waals surface area contributed by atoms with Crippen molar-refractivity contribution in [3.63, 3.8) is 0 Å². The van der Waals surface area contributed by atoms with Crippen molar-refractivity contribution in [2.75, 3.05) is 0 Å². The molecule has 0 fully saturated rings. The largest absolute Gasteiger partial charge is 0.423 e. The van der Waals surface area contributed by atoms with Crippen molar-refractivity contribution in [2.45, 2.75) is 0 Å². The molecule has 1 aromatic heterocycles. The second-order valence-electron chi connectivity index (χ2n) is 6.51. The lowest BCUT2D eigenvalue weighted by atomic mass is 10.3. The van der Waals surface area contributed by atoms with Gasteiger partial charge in [-0.3, -0.25) is 0 Å². The summed E-state index contributed by atoms with van der Waals surface area (Å²) in [6, 6.07) is 10.6. The Morgan fingerprint density at radius 1 is 0.361 bits per heavy atom. The first-order chi connectivity index (χ1) is 17.0. The number of ether oxygens (including phenoxy) is 3. The van der Waals surface area contributed by atoms with Crippen molar-refractivity contribution in [1.82, 2.24) is 15.0 Å². The molecule has 0 saturated heterocycles. The minimum Gasteiger partial charge on any atom is -0.423 e. The smallest absolute Gasteiger partial charge is 0.331 e. The Morgan fingerprint density at radius 2 is 0.611 bits per heavy atom. The molecular formula is C21H6Br9N3O3. The van der Waals surface area contributed by atoms with E-state index >= 15 is 0 Å². The van der Waals surface area contributed by atoms with Gasteiger partial charge < -0.3 is 14.2 Å². The van der Waals surface area contributed by atoms with E-state index in [1.54, 1.807) is 18.2 Å². The van der Waals surface area contributed by atoms with Crippen LogP contribution in [0.4, 0.5) is 0 Å². The fourth-order valence-electron chi connectivity index (χ4n) is 2.51. The number of hydrogen-bond donors (Lipinski definition) is 0. The maximum absolute atomic E-state index is 5.97. The molecule has 0 bridgehead atoms. The summed E-state index contributed by atoms with van der Waals surface area (Å²) in [4.78, 5) is 13.0. The van der Waals surface area contributed by atoms with E-state index in [2.05, 4.69) is 158 Å². The Labute approximate surface area is 280 Å². The number of rotatable bonds is 6. The molecule has 0 unspecified atom stereocenters. The first-order valence-electron chi connectivity index (χ1n) is 9.25.